The Kier molecular flexibility index (Phi) is 4.94. The van der Waals surface area contributed by atoms with Crippen LogP contribution >= 0.6 is 0 Å². The lowest BCUT2D eigenvalue weighted by Gasteiger charge is -2.22. The van der Waals surface area contributed by atoms with Gasteiger partial charge < -0.3 is 4.74 Å². The number of sulfonamides is 1. The van der Waals surface area contributed by atoms with Gasteiger partial charge in [-0.1, -0.05) is 6.07 Å². The van der Waals surface area contributed by atoms with Gasteiger partial charge in [0.25, 0.3) is 0 Å². The third-order valence-electron chi connectivity index (χ3n) is 2.76. The minimum atomic E-state index is -3.53. The number of aryl methyl sites for hydroxylation is 2. The average Bonchev–Trinajstić information content (AvgIpc) is 2.29. The summed E-state index contributed by atoms with van der Waals surface area (Å²) in [5, 5.41) is 0. The highest BCUT2D eigenvalue weighted by Crippen LogP contribution is 2.21. The molecule has 0 heterocycles. The number of carbonyl (C=O) groups excluding carboxylic acids is 1. The van der Waals surface area contributed by atoms with Gasteiger partial charge in [0, 0.05) is 0 Å². The highest BCUT2D eigenvalue weighted by molar-refractivity contribution is 7.92. The number of carbonyl (C=O) groups is 1. The van der Waals surface area contributed by atoms with Gasteiger partial charge in [0.05, 0.1) is 18.6 Å². The summed E-state index contributed by atoms with van der Waals surface area (Å²) in [5.41, 5.74) is 2.50. The predicted octanol–water partition coefficient (Wildman–Crippen LogP) is 1.63. The first-order valence-electron chi connectivity index (χ1n) is 5.96. The van der Waals surface area contributed by atoms with Crippen molar-refractivity contribution in [2.75, 3.05) is 23.7 Å². The molecule has 1 aromatic carbocycles. The Bertz CT molecular complexity index is 566. The van der Waals surface area contributed by atoms with Crippen LogP contribution in [0.3, 0.4) is 0 Å². The van der Waals surface area contributed by atoms with E-state index in [2.05, 4.69) is 0 Å². The van der Waals surface area contributed by atoms with E-state index in [1.807, 2.05) is 19.9 Å². The van der Waals surface area contributed by atoms with Gasteiger partial charge in [-0.2, -0.15) is 0 Å². The molecule has 0 saturated heterocycles. The van der Waals surface area contributed by atoms with Gasteiger partial charge in [0.15, 0.2) is 0 Å². The van der Waals surface area contributed by atoms with E-state index in [9.17, 15) is 13.2 Å². The summed E-state index contributed by atoms with van der Waals surface area (Å²) in [5.74, 6) is -0.564. The summed E-state index contributed by atoms with van der Waals surface area (Å²) < 4.78 is 29.4. The first kappa shape index (κ1) is 15.5. The molecule has 5 nitrogen and oxygen atoms in total. The average molecular weight is 285 g/mol. The highest BCUT2D eigenvalue weighted by Gasteiger charge is 2.21. The molecule has 0 radical (unpaired) electrons. The molecule has 19 heavy (non-hydrogen) atoms. The molecule has 0 aliphatic rings. The van der Waals surface area contributed by atoms with Crippen LogP contribution in [0.25, 0.3) is 0 Å². The van der Waals surface area contributed by atoms with E-state index in [4.69, 9.17) is 4.74 Å². The lowest BCUT2D eigenvalue weighted by atomic mass is 10.1. The van der Waals surface area contributed by atoms with E-state index in [-0.39, 0.29) is 13.2 Å². The van der Waals surface area contributed by atoms with E-state index in [0.717, 1.165) is 21.7 Å². The SMILES string of the molecule is CCOC(=O)CN(c1ccc(C)c(C)c1)S(C)(=O)=O. The molecule has 0 N–H and O–H groups in total. The van der Waals surface area contributed by atoms with E-state index >= 15 is 0 Å². The van der Waals surface area contributed by atoms with Crippen LogP contribution in [0.2, 0.25) is 0 Å². The molecule has 0 bridgehead atoms. The van der Waals surface area contributed by atoms with Crippen LogP contribution in [-0.2, 0) is 19.6 Å². The lowest BCUT2D eigenvalue weighted by molar-refractivity contribution is -0.141. The summed E-state index contributed by atoms with van der Waals surface area (Å²) >= 11 is 0. The van der Waals surface area contributed by atoms with Gasteiger partial charge >= 0.3 is 5.97 Å². The molecule has 1 rings (SSSR count). The summed E-state index contributed by atoms with van der Waals surface area (Å²) in [6.45, 7) is 5.43. The molecule has 0 aliphatic heterocycles. The molecular weight excluding hydrogens is 266 g/mol. The van der Waals surface area contributed by atoms with Crippen molar-refractivity contribution in [3.63, 3.8) is 0 Å². The molecule has 1 aromatic rings. The predicted molar refractivity (Wildman–Crippen MR) is 74.7 cm³/mol. The monoisotopic (exact) mass is 285 g/mol. The fraction of sp³-hybridized carbons (Fsp3) is 0.462. The first-order valence-corrected chi connectivity index (χ1v) is 7.81. The summed E-state index contributed by atoms with van der Waals surface area (Å²) in [7, 11) is -3.53. The standard InChI is InChI=1S/C13H19NO4S/c1-5-18-13(15)9-14(19(4,16)17)12-7-6-10(2)11(3)8-12/h6-8H,5,9H2,1-4H3. The Morgan fingerprint density at radius 2 is 1.89 bits per heavy atom. The van der Waals surface area contributed by atoms with Gasteiger partial charge in [-0.3, -0.25) is 9.10 Å². The Hall–Kier alpha value is -1.56. The largest absolute Gasteiger partial charge is 0.465 e. The van der Waals surface area contributed by atoms with E-state index in [0.29, 0.717) is 5.69 Å². The van der Waals surface area contributed by atoms with Crippen molar-refractivity contribution in [2.45, 2.75) is 20.8 Å². The summed E-state index contributed by atoms with van der Waals surface area (Å²) in [6, 6.07) is 5.26. The van der Waals surface area contributed by atoms with Crippen molar-refractivity contribution in [3.8, 4) is 0 Å². The van der Waals surface area contributed by atoms with Crippen LogP contribution < -0.4 is 4.31 Å². The zero-order chi connectivity index (χ0) is 14.6. The van der Waals surface area contributed by atoms with E-state index in [1.54, 1.807) is 19.1 Å². The molecule has 0 unspecified atom stereocenters. The van der Waals surface area contributed by atoms with Crippen molar-refractivity contribution < 1.29 is 17.9 Å². The molecule has 6 heteroatoms. The van der Waals surface area contributed by atoms with Crippen LogP contribution in [0.15, 0.2) is 18.2 Å². The van der Waals surface area contributed by atoms with Crippen LogP contribution in [0.1, 0.15) is 18.1 Å². The number of hydrogen-bond acceptors (Lipinski definition) is 4. The smallest absolute Gasteiger partial charge is 0.326 e. The second-order valence-electron chi connectivity index (χ2n) is 4.34. The number of ether oxygens (including phenoxy) is 1. The maximum atomic E-state index is 11.8. The second kappa shape index (κ2) is 6.06. The summed E-state index contributed by atoms with van der Waals surface area (Å²) in [4.78, 5) is 11.5. The molecule has 0 aromatic heterocycles. The maximum Gasteiger partial charge on any atom is 0.326 e. The number of hydrogen-bond donors (Lipinski definition) is 0. The first-order chi connectivity index (χ1) is 8.75. The Labute approximate surface area is 114 Å². The molecule has 106 valence electrons. The van der Waals surface area contributed by atoms with Gasteiger partial charge in [-0.25, -0.2) is 8.42 Å². The zero-order valence-electron chi connectivity index (χ0n) is 11.6. The molecule has 0 spiro atoms. The molecule has 0 atom stereocenters. The Balaban J connectivity index is 3.10. The molecule has 0 fully saturated rings. The van der Waals surface area contributed by atoms with Gasteiger partial charge in [-0.05, 0) is 44.0 Å². The topological polar surface area (TPSA) is 63.7 Å². The number of esters is 1. The number of rotatable bonds is 5. The van der Waals surface area contributed by atoms with Crippen LogP contribution in [0, 0.1) is 13.8 Å². The minimum Gasteiger partial charge on any atom is -0.465 e. The third kappa shape index (κ3) is 4.24. The molecule has 0 saturated carbocycles. The second-order valence-corrected chi connectivity index (χ2v) is 6.25. The fourth-order valence-corrected chi connectivity index (χ4v) is 2.44. The highest BCUT2D eigenvalue weighted by atomic mass is 32.2. The Morgan fingerprint density at radius 3 is 2.37 bits per heavy atom. The van der Waals surface area contributed by atoms with Gasteiger partial charge in [0.1, 0.15) is 6.54 Å². The fourth-order valence-electron chi connectivity index (χ4n) is 1.60. The zero-order valence-corrected chi connectivity index (χ0v) is 12.5. The minimum absolute atomic E-state index is 0.226. The van der Waals surface area contributed by atoms with E-state index in [1.165, 1.54) is 0 Å². The number of benzene rings is 1. The van der Waals surface area contributed by atoms with Crippen LogP contribution in [0.4, 0.5) is 5.69 Å². The van der Waals surface area contributed by atoms with Gasteiger partial charge in [0.2, 0.25) is 10.0 Å². The normalized spacial score (nSPS) is 11.2. The molecule has 0 amide bonds. The lowest BCUT2D eigenvalue weighted by Crippen LogP contribution is -2.35. The van der Waals surface area contributed by atoms with Crippen LogP contribution in [0.5, 0.6) is 0 Å². The third-order valence-corrected chi connectivity index (χ3v) is 3.90. The van der Waals surface area contributed by atoms with Crippen LogP contribution in [-0.4, -0.2) is 33.8 Å². The van der Waals surface area contributed by atoms with Crippen molar-refractivity contribution in [1.82, 2.24) is 0 Å². The van der Waals surface area contributed by atoms with Crippen molar-refractivity contribution >= 4 is 21.7 Å². The van der Waals surface area contributed by atoms with Gasteiger partial charge in [-0.15, -0.1) is 0 Å². The van der Waals surface area contributed by atoms with Crippen molar-refractivity contribution in [2.24, 2.45) is 0 Å². The number of nitrogens with zero attached hydrogens (tertiary/aromatic N) is 1. The van der Waals surface area contributed by atoms with Crippen molar-refractivity contribution in [1.29, 1.82) is 0 Å². The Morgan fingerprint density at radius 1 is 1.26 bits per heavy atom. The van der Waals surface area contributed by atoms with Crippen molar-refractivity contribution in [3.05, 3.63) is 29.3 Å². The summed E-state index contributed by atoms with van der Waals surface area (Å²) in [6.07, 6.45) is 1.07. The number of anilines is 1. The maximum absolute atomic E-state index is 11.8. The quantitative estimate of drug-likeness (QED) is 0.771. The molecular formula is C13H19NO4S. The van der Waals surface area contributed by atoms with E-state index < -0.39 is 16.0 Å². The molecule has 0 aliphatic carbocycles.